The van der Waals surface area contributed by atoms with Gasteiger partial charge in [-0.15, -0.1) is 0 Å². The van der Waals surface area contributed by atoms with Gasteiger partial charge in [-0.1, -0.05) is 11.8 Å². The van der Waals surface area contributed by atoms with Crippen LogP contribution in [0.1, 0.15) is 6.42 Å². The highest BCUT2D eigenvalue weighted by molar-refractivity contribution is 8.00. The molecule has 12 heavy (non-hydrogen) atoms. The Kier molecular flexibility index (Phi) is 4.02. The second-order valence-corrected chi connectivity index (χ2v) is 4.00. The average molecular weight is 204 g/mol. The van der Waals surface area contributed by atoms with Crippen molar-refractivity contribution in [1.82, 2.24) is 9.36 Å². The summed E-state index contributed by atoms with van der Waals surface area (Å²) in [7, 11) is 1.39. The highest BCUT2D eigenvalue weighted by atomic mass is 32.2. The zero-order chi connectivity index (χ0) is 8.81. The molecule has 0 unspecified atom stereocenters. The number of nitrogens with zero attached hydrogens (tertiary/aromatic N) is 2. The molecule has 0 fully saturated rings. The third kappa shape index (κ3) is 3.19. The Morgan fingerprint density at radius 3 is 3.25 bits per heavy atom. The van der Waals surface area contributed by atoms with Gasteiger partial charge < -0.3 is 4.74 Å². The molecular weight excluding hydrogens is 196 g/mol. The lowest BCUT2D eigenvalue weighted by molar-refractivity contribution is -0.140. The first-order valence-electron chi connectivity index (χ1n) is 3.29. The summed E-state index contributed by atoms with van der Waals surface area (Å²) >= 11 is 2.85. The summed E-state index contributed by atoms with van der Waals surface area (Å²) in [5, 5.41) is 0. The molecule has 1 heterocycles. The number of carbonyl (C=O) groups is 1. The van der Waals surface area contributed by atoms with Crippen LogP contribution >= 0.6 is 23.3 Å². The molecule has 0 bridgehead atoms. The lowest BCUT2D eigenvalue weighted by atomic mass is 10.5. The van der Waals surface area contributed by atoms with E-state index in [0.717, 1.165) is 4.34 Å². The number of esters is 1. The van der Waals surface area contributed by atoms with Crippen LogP contribution in [0, 0.1) is 0 Å². The number of hydrogen-bond donors (Lipinski definition) is 0. The van der Waals surface area contributed by atoms with Crippen LogP contribution in [0.25, 0.3) is 0 Å². The van der Waals surface area contributed by atoms with Crippen LogP contribution in [0.5, 0.6) is 0 Å². The molecule has 0 aromatic carbocycles. The summed E-state index contributed by atoms with van der Waals surface area (Å²) in [5.74, 6) is 0.508. The van der Waals surface area contributed by atoms with E-state index in [2.05, 4.69) is 14.1 Å². The van der Waals surface area contributed by atoms with E-state index < -0.39 is 0 Å². The lowest BCUT2D eigenvalue weighted by Crippen LogP contribution is -2.00. The highest BCUT2D eigenvalue weighted by Gasteiger charge is 2.02. The monoisotopic (exact) mass is 204 g/mol. The molecule has 1 aromatic rings. The first-order valence-corrected chi connectivity index (χ1v) is 5.05. The maximum Gasteiger partial charge on any atom is 0.306 e. The van der Waals surface area contributed by atoms with Crippen LogP contribution in [-0.4, -0.2) is 28.2 Å². The zero-order valence-corrected chi connectivity index (χ0v) is 8.15. The predicted molar refractivity (Wildman–Crippen MR) is 47.3 cm³/mol. The molecule has 0 amide bonds. The molecular formula is C6H8N2O2S2. The van der Waals surface area contributed by atoms with Crippen molar-refractivity contribution >= 4 is 29.3 Å². The molecule has 0 aliphatic heterocycles. The molecule has 0 saturated carbocycles. The molecule has 0 aliphatic rings. The Hall–Kier alpha value is -0.620. The molecule has 0 atom stereocenters. The fourth-order valence-corrected chi connectivity index (χ4v) is 1.98. The van der Waals surface area contributed by atoms with E-state index in [1.165, 1.54) is 36.7 Å². The van der Waals surface area contributed by atoms with E-state index in [1.807, 2.05) is 0 Å². The number of thioether (sulfide) groups is 1. The number of methoxy groups -OCH3 is 1. The minimum Gasteiger partial charge on any atom is -0.469 e. The Balaban J connectivity index is 2.15. The van der Waals surface area contributed by atoms with Gasteiger partial charge in [0, 0.05) is 5.75 Å². The van der Waals surface area contributed by atoms with Gasteiger partial charge in [0.15, 0.2) is 4.34 Å². The van der Waals surface area contributed by atoms with Crippen molar-refractivity contribution in [3.8, 4) is 0 Å². The van der Waals surface area contributed by atoms with Gasteiger partial charge in [0.1, 0.15) is 6.33 Å². The largest absolute Gasteiger partial charge is 0.469 e. The highest BCUT2D eigenvalue weighted by Crippen LogP contribution is 2.18. The third-order valence-corrected chi connectivity index (χ3v) is 2.90. The van der Waals surface area contributed by atoms with Crippen LogP contribution in [0.3, 0.4) is 0 Å². The van der Waals surface area contributed by atoms with E-state index >= 15 is 0 Å². The standard InChI is InChI=1S/C6H8N2O2S2/c1-10-5(9)2-3-11-6-7-4-8-12-6/h4H,2-3H2,1H3. The molecule has 0 radical (unpaired) electrons. The molecule has 0 aliphatic carbocycles. The summed E-state index contributed by atoms with van der Waals surface area (Å²) < 4.78 is 9.21. The second-order valence-electron chi connectivity index (χ2n) is 1.88. The summed E-state index contributed by atoms with van der Waals surface area (Å²) in [6.07, 6.45) is 1.92. The van der Waals surface area contributed by atoms with E-state index in [1.54, 1.807) is 0 Å². The van der Waals surface area contributed by atoms with Gasteiger partial charge in [-0.05, 0) is 11.5 Å². The van der Waals surface area contributed by atoms with Crippen molar-refractivity contribution in [2.75, 3.05) is 12.9 Å². The SMILES string of the molecule is COC(=O)CCSc1ncns1. The van der Waals surface area contributed by atoms with E-state index in [0.29, 0.717) is 12.2 Å². The van der Waals surface area contributed by atoms with Crippen molar-refractivity contribution in [2.24, 2.45) is 0 Å². The van der Waals surface area contributed by atoms with Crippen LogP contribution in [0.15, 0.2) is 10.7 Å². The smallest absolute Gasteiger partial charge is 0.306 e. The summed E-state index contributed by atoms with van der Waals surface area (Å²) in [6, 6.07) is 0. The van der Waals surface area contributed by atoms with Gasteiger partial charge in [-0.3, -0.25) is 4.79 Å². The topological polar surface area (TPSA) is 52.1 Å². The molecule has 0 saturated heterocycles. The third-order valence-electron chi connectivity index (χ3n) is 1.10. The first-order chi connectivity index (χ1) is 5.83. The number of carbonyl (C=O) groups excluding carboxylic acids is 1. The minimum absolute atomic E-state index is 0.188. The molecule has 6 heteroatoms. The van der Waals surface area contributed by atoms with Crippen molar-refractivity contribution in [1.29, 1.82) is 0 Å². The average Bonchev–Trinajstić information content (AvgIpc) is 2.57. The minimum atomic E-state index is -0.188. The van der Waals surface area contributed by atoms with E-state index in [9.17, 15) is 4.79 Å². The molecule has 1 aromatic heterocycles. The Morgan fingerprint density at radius 2 is 2.67 bits per heavy atom. The van der Waals surface area contributed by atoms with Crippen LogP contribution in [0.2, 0.25) is 0 Å². The number of rotatable bonds is 4. The quantitative estimate of drug-likeness (QED) is 0.544. The summed E-state index contributed by atoms with van der Waals surface area (Å²) in [4.78, 5) is 14.6. The van der Waals surface area contributed by atoms with Gasteiger partial charge in [0.2, 0.25) is 0 Å². The molecule has 1 rings (SSSR count). The molecule has 66 valence electrons. The fourth-order valence-electron chi connectivity index (χ4n) is 0.550. The fraction of sp³-hybridized carbons (Fsp3) is 0.500. The molecule has 0 spiro atoms. The number of ether oxygens (including phenoxy) is 1. The Bertz CT molecular complexity index is 238. The van der Waals surface area contributed by atoms with Gasteiger partial charge in [-0.2, -0.15) is 4.37 Å². The van der Waals surface area contributed by atoms with Gasteiger partial charge in [-0.25, -0.2) is 4.98 Å². The first kappa shape index (κ1) is 9.47. The van der Waals surface area contributed by atoms with Crippen molar-refractivity contribution < 1.29 is 9.53 Å². The second kappa shape index (κ2) is 5.10. The maximum absolute atomic E-state index is 10.7. The van der Waals surface area contributed by atoms with E-state index in [-0.39, 0.29) is 5.97 Å². The molecule has 0 N–H and O–H groups in total. The van der Waals surface area contributed by atoms with Gasteiger partial charge in [0.05, 0.1) is 13.5 Å². The maximum atomic E-state index is 10.7. The Morgan fingerprint density at radius 1 is 1.83 bits per heavy atom. The van der Waals surface area contributed by atoms with E-state index in [4.69, 9.17) is 0 Å². The number of hydrogen-bond acceptors (Lipinski definition) is 6. The van der Waals surface area contributed by atoms with Crippen LogP contribution in [-0.2, 0) is 9.53 Å². The van der Waals surface area contributed by atoms with Crippen LogP contribution in [0.4, 0.5) is 0 Å². The van der Waals surface area contributed by atoms with Crippen LogP contribution < -0.4 is 0 Å². The molecule has 4 nitrogen and oxygen atoms in total. The van der Waals surface area contributed by atoms with Crippen molar-refractivity contribution in [2.45, 2.75) is 10.8 Å². The zero-order valence-electron chi connectivity index (χ0n) is 6.52. The van der Waals surface area contributed by atoms with Crippen molar-refractivity contribution in [3.63, 3.8) is 0 Å². The van der Waals surface area contributed by atoms with Gasteiger partial charge in [0.25, 0.3) is 0 Å². The Labute approximate surface area is 78.5 Å². The number of aromatic nitrogens is 2. The van der Waals surface area contributed by atoms with Crippen molar-refractivity contribution in [3.05, 3.63) is 6.33 Å². The summed E-state index contributed by atoms with van der Waals surface area (Å²) in [6.45, 7) is 0. The lowest BCUT2D eigenvalue weighted by Gasteiger charge is -1.95. The van der Waals surface area contributed by atoms with Gasteiger partial charge >= 0.3 is 5.97 Å². The normalized spacial score (nSPS) is 9.75. The predicted octanol–water partition coefficient (Wildman–Crippen LogP) is 1.19. The summed E-state index contributed by atoms with van der Waals surface area (Å²) in [5.41, 5.74) is 0.